The molecule has 0 radical (unpaired) electrons. The minimum Gasteiger partial charge on any atom is -0.465 e. The van der Waals surface area contributed by atoms with E-state index in [1.54, 1.807) is 27.4 Å². The maximum absolute atomic E-state index is 11.8. The van der Waals surface area contributed by atoms with E-state index in [4.69, 9.17) is 9.47 Å². The maximum Gasteiger partial charge on any atom is 0.316 e. The number of rotatable bonds is 6. The predicted molar refractivity (Wildman–Crippen MR) is 56.4 cm³/mol. The molecule has 0 aromatic heterocycles. The fourth-order valence-electron chi connectivity index (χ4n) is 1.15. The van der Waals surface area contributed by atoms with E-state index in [1.165, 1.54) is 0 Å². The summed E-state index contributed by atoms with van der Waals surface area (Å²) >= 11 is 0. The Morgan fingerprint density at radius 3 is 2.36 bits per heavy atom. The molecule has 0 bridgehead atoms. The highest BCUT2D eigenvalue weighted by Gasteiger charge is 2.31. The number of ether oxygens (including phenoxy) is 2. The van der Waals surface area contributed by atoms with Crippen molar-refractivity contribution in [2.24, 2.45) is 0 Å². The molecule has 0 aliphatic rings. The molecule has 0 aliphatic heterocycles. The molecule has 0 amide bonds. The van der Waals surface area contributed by atoms with Crippen molar-refractivity contribution in [3.05, 3.63) is 0 Å². The lowest BCUT2D eigenvalue weighted by Crippen LogP contribution is -2.24. The summed E-state index contributed by atoms with van der Waals surface area (Å²) in [5.41, 5.74) is -0.526. The molecule has 0 aromatic carbocycles. The van der Waals surface area contributed by atoms with Gasteiger partial charge in [-0.15, -0.1) is 0 Å². The van der Waals surface area contributed by atoms with Gasteiger partial charge in [-0.2, -0.15) is 0 Å². The van der Waals surface area contributed by atoms with Crippen molar-refractivity contribution in [2.75, 3.05) is 33.7 Å². The lowest BCUT2D eigenvalue weighted by Gasteiger charge is -2.18. The summed E-state index contributed by atoms with van der Waals surface area (Å²) in [6, 6.07) is 0. The van der Waals surface area contributed by atoms with Gasteiger partial charge in [-0.3, -0.25) is 4.79 Å². The summed E-state index contributed by atoms with van der Waals surface area (Å²) in [6.45, 7) is 5.69. The second-order valence-electron chi connectivity index (χ2n) is 3.48. The Bertz CT molecular complexity index is 221. The van der Waals surface area contributed by atoms with E-state index in [-0.39, 0.29) is 5.97 Å². The fourth-order valence-corrected chi connectivity index (χ4v) is 2.46. The Morgan fingerprint density at radius 1 is 1.43 bits per heavy atom. The summed E-state index contributed by atoms with van der Waals surface area (Å²) in [5, 5.41) is 0. The molecule has 1 atom stereocenters. The average Bonchev–Trinajstić information content (AvgIpc) is 2.03. The average molecular weight is 222 g/mol. The number of carbonyl (C=O) groups is 1. The van der Waals surface area contributed by atoms with Crippen LogP contribution in [0.1, 0.15) is 13.3 Å². The van der Waals surface area contributed by atoms with Crippen LogP contribution in [0.2, 0.25) is 0 Å². The molecule has 0 saturated heterocycles. The van der Waals surface area contributed by atoms with Crippen molar-refractivity contribution < 1.29 is 18.8 Å². The first kappa shape index (κ1) is 13.7. The van der Waals surface area contributed by atoms with Crippen molar-refractivity contribution in [1.29, 1.82) is 0 Å². The van der Waals surface area contributed by atoms with Crippen LogP contribution in [0.25, 0.3) is 0 Å². The Labute approximate surface area is 85.3 Å². The highest BCUT2D eigenvalue weighted by atomic mass is 31.2. The van der Waals surface area contributed by atoms with Gasteiger partial charge in [0.2, 0.25) is 0 Å². The monoisotopic (exact) mass is 222 g/mol. The smallest absolute Gasteiger partial charge is 0.316 e. The van der Waals surface area contributed by atoms with E-state index in [0.717, 1.165) is 0 Å². The number of carbonyl (C=O) groups excluding carboxylic acids is 1. The van der Waals surface area contributed by atoms with Gasteiger partial charge in [-0.25, -0.2) is 0 Å². The van der Waals surface area contributed by atoms with E-state index < -0.39 is 12.8 Å². The molecule has 14 heavy (non-hydrogen) atoms. The summed E-state index contributed by atoms with van der Waals surface area (Å²) in [5.74, 6) is -0.377. The molecule has 0 saturated carbocycles. The number of hydrogen-bond donors (Lipinski definition) is 0. The van der Waals surface area contributed by atoms with Gasteiger partial charge in [-0.05, 0) is 26.7 Å². The Kier molecular flexibility index (Phi) is 6.05. The van der Waals surface area contributed by atoms with Crippen molar-refractivity contribution in [3.63, 3.8) is 0 Å². The molecule has 0 aromatic rings. The zero-order chi connectivity index (χ0) is 11.2. The summed E-state index contributed by atoms with van der Waals surface area (Å²) in [6.07, 6.45) is 0.458. The largest absolute Gasteiger partial charge is 0.465 e. The first-order valence-electron chi connectivity index (χ1n) is 4.63. The molecule has 0 rings (SSSR count). The zero-order valence-electron chi connectivity index (χ0n) is 9.28. The van der Waals surface area contributed by atoms with Crippen molar-refractivity contribution in [1.82, 2.24) is 0 Å². The van der Waals surface area contributed by atoms with Gasteiger partial charge in [0.05, 0.1) is 13.7 Å². The lowest BCUT2D eigenvalue weighted by molar-refractivity contribution is -0.143. The standard InChI is InChI=1S/C9H19O4P/c1-5-13-9(10)8(6-7-12-2)14(3,4)11/h8H,5-7H2,1-4H3. The van der Waals surface area contributed by atoms with Gasteiger partial charge in [0.15, 0.2) is 0 Å². The third-order valence-corrected chi connectivity index (χ3v) is 3.87. The second kappa shape index (κ2) is 6.20. The van der Waals surface area contributed by atoms with Crippen LogP contribution < -0.4 is 0 Å². The van der Waals surface area contributed by atoms with Crippen LogP contribution in [0.3, 0.4) is 0 Å². The molecule has 4 nitrogen and oxygen atoms in total. The molecule has 0 spiro atoms. The van der Waals surface area contributed by atoms with Crippen LogP contribution in [0, 0.1) is 0 Å². The molecule has 0 N–H and O–H groups in total. The summed E-state index contributed by atoms with van der Waals surface area (Å²) < 4.78 is 21.5. The maximum atomic E-state index is 11.8. The SMILES string of the molecule is CCOC(=O)C(CCOC)P(C)(C)=O. The number of methoxy groups -OCH3 is 1. The van der Waals surface area contributed by atoms with Crippen molar-refractivity contribution in [3.8, 4) is 0 Å². The topological polar surface area (TPSA) is 52.6 Å². The Hall–Kier alpha value is -0.340. The predicted octanol–water partition coefficient (Wildman–Crippen LogP) is 1.58. The van der Waals surface area contributed by atoms with Gasteiger partial charge in [0.25, 0.3) is 0 Å². The van der Waals surface area contributed by atoms with E-state index in [1.807, 2.05) is 0 Å². The molecule has 1 unspecified atom stereocenters. The van der Waals surface area contributed by atoms with Crippen LogP contribution >= 0.6 is 7.14 Å². The first-order valence-corrected chi connectivity index (χ1v) is 7.30. The molecule has 0 heterocycles. The van der Waals surface area contributed by atoms with Crippen LogP contribution in [-0.4, -0.2) is 45.3 Å². The van der Waals surface area contributed by atoms with Crippen LogP contribution in [0.15, 0.2) is 0 Å². The van der Waals surface area contributed by atoms with Crippen LogP contribution in [0.4, 0.5) is 0 Å². The van der Waals surface area contributed by atoms with Gasteiger partial charge >= 0.3 is 5.97 Å². The summed E-state index contributed by atoms with van der Waals surface area (Å²) in [7, 11) is -0.892. The lowest BCUT2D eigenvalue weighted by atomic mass is 10.3. The number of esters is 1. The molecule has 5 heteroatoms. The molecule has 84 valence electrons. The zero-order valence-corrected chi connectivity index (χ0v) is 10.2. The van der Waals surface area contributed by atoms with E-state index >= 15 is 0 Å². The third-order valence-electron chi connectivity index (χ3n) is 1.90. The molecule has 0 fully saturated rings. The Balaban J connectivity index is 4.39. The molecular weight excluding hydrogens is 203 g/mol. The van der Waals surface area contributed by atoms with E-state index in [0.29, 0.717) is 19.6 Å². The van der Waals surface area contributed by atoms with Crippen molar-refractivity contribution in [2.45, 2.75) is 19.0 Å². The normalized spacial score (nSPS) is 13.7. The summed E-state index contributed by atoms with van der Waals surface area (Å²) in [4.78, 5) is 11.4. The minimum absolute atomic E-state index is 0.322. The highest BCUT2D eigenvalue weighted by molar-refractivity contribution is 7.64. The van der Waals surface area contributed by atoms with Gasteiger partial charge in [0.1, 0.15) is 5.66 Å². The van der Waals surface area contributed by atoms with E-state index in [2.05, 4.69) is 0 Å². The first-order chi connectivity index (χ1) is 6.43. The van der Waals surface area contributed by atoms with Gasteiger partial charge in [-0.1, -0.05) is 0 Å². The van der Waals surface area contributed by atoms with Crippen molar-refractivity contribution >= 4 is 13.1 Å². The van der Waals surface area contributed by atoms with Gasteiger partial charge < -0.3 is 14.0 Å². The Morgan fingerprint density at radius 2 is 2.00 bits per heavy atom. The quantitative estimate of drug-likeness (QED) is 0.505. The fraction of sp³-hybridized carbons (Fsp3) is 0.889. The second-order valence-corrected chi connectivity index (χ2v) is 6.98. The minimum atomic E-state index is -2.45. The highest BCUT2D eigenvalue weighted by Crippen LogP contribution is 2.44. The van der Waals surface area contributed by atoms with Gasteiger partial charge in [0, 0.05) is 13.7 Å². The van der Waals surface area contributed by atoms with E-state index in [9.17, 15) is 9.36 Å². The molecule has 0 aliphatic carbocycles. The van der Waals surface area contributed by atoms with Crippen LogP contribution in [0.5, 0.6) is 0 Å². The number of hydrogen-bond acceptors (Lipinski definition) is 4. The van der Waals surface area contributed by atoms with Crippen LogP contribution in [-0.2, 0) is 18.8 Å². The third kappa shape index (κ3) is 4.77. The molecular formula is C9H19O4P.